The summed E-state index contributed by atoms with van der Waals surface area (Å²) in [7, 11) is 5.18. The second kappa shape index (κ2) is 12.5. The Labute approximate surface area is 233 Å². The van der Waals surface area contributed by atoms with Crippen LogP contribution in [0.1, 0.15) is 72.0 Å². The summed E-state index contributed by atoms with van der Waals surface area (Å²) in [6, 6.07) is 15.6. The zero-order valence-electron chi connectivity index (χ0n) is 23.7. The van der Waals surface area contributed by atoms with Crippen LogP contribution in [-0.2, 0) is 9.53 Å². The fraction of sp³-hybridized carbons (Fsp3) is 0.562. The van der Waals surface area contributed by atoms with E-state index in [1.807, 2.05) is 55.6 Å². The number of likely N-dealkylation sites (N-methyl/N-ethyl adjacent to an activating group) is 1. The van der Waals surface area contributed by atoms with Crippen molar-refractivity contribution < 1.29 is 19.1 Å². The van der Waals surface area contributed by atoms with E-state index in [2.05, 4.69) is 9.80 Å². The molecule has 0 spiro atoms. The number of rotatable bonds is 9. The van der Waals surface area contributed by atoms with Crippen LogP contribution in [0.3, 0.4) is 0 Å². The largest absolute Gasteiger partial charge is 0.497 e. The molecule has 0 N–H and O–H groups in total. The number of amides is 2. The highest BCUT2D eigenvalue weighted by molar-refractivity contribution is 6.01. The van der Waals surface area contributed by atoms with Crippen LogP contribution in [0.25, 0.3) is 0 Å². The van der Waals surface area contributed by atoms with Crippen molar-refractivity contribution in [3.63, 3.8) is 0 Å². The van der Waals surface area contributed by atoms with Crippen LogP contribution in [0.4, 0.5) is 0 Å². The fourth-order valence-electron chi connectivity index (χ4n) is 7.12. The van der Waals surface area contributed by atoms with Crippen molar-refractivity contribution in [2.45, 2.75) is 56.5 Å². The molecule has 39 heavy (non-hydrogen) atoms. The molecule has 0 radical (unpaired) electrons. The van der Waals surface area contributed by atoms with E-state index in [0.717, 1.165) is 36.3 Å². The number of hydrogen-bond acceptors (Lipinski definition) is 5. The van der Waals surface area contributed by atoms with Crippen molar-refractivity contribution in [3.05, 3.63) is 65.2 Å². The van der Waals surface area contributed by atoms with E-state index in [-0.39, 0.29) is 11.8 Å². The van der Waals surface area contributed by atoms with E-state index in [1.54, 1.807) is 19.1 Å². The number of carbonyl (C=O) groups is 2. The Bertz CT molecular complexity index is 1130. The van der Waals surface area contributed by atoms with Crippen LogP contribution in [0.5, 0.6) is 5.75 Å². The molecule has 2 saturated heterocycles. The van der Waals surface area contributed by atoms with Gasteiger partial charge in [0.05, 0.1) is 19.1 Å². The molecule has 5 rings (SSSR count). The maximum Gasteiger partial charge on any atom is 0.254 e. The van der Waals surface area contributed by atoms with Crippen LogP contribution >= 0.6 is 0 Å². The highest BCUT2D eigenvalue weighted by Gasteiger charge is 2.45. The summed E-state index contributed by atoms with van der Waals surface area (Å²) < 4.78 is 10.8. The van der Waals surface area contributed by atoms with Gasteiger partial charge in [0.25, 0.3) is 5.91 Å². The van der Waals surface area contributed by atoms with Crippen LogP contribution < -0.4 is 4.74 Å². The second-order valence-electron chi connectivity index (χ2n) is 11.3. The zero-order valence-corrected chi connectivity index (χ0v) is 23.7. The van der Waals surface area contributed by atoms with Crippen LogP contribution in [0, 0.1) is 5.92 Å². The first kappa shape index (κ1) is 27.7. The molecule has 2 aromatic rings. The highest BCUT2D eigenvalue weighted by atomic mass is 16.5. The van der Waals surface area contributed by atoms with E-state index in [0.29, 0.717) is 30.7 Å². The summed E-state index contributed by atoms with van der Waals surface area (Å²) in [5.74, 6) is 0.801. The third-order valence-corrected chi connectivity index (χ3v) is 9.07. The second-order valence-corrected chi connectivity index (χ2v) is 11.3. The third-order valence-electron chi connectivity index (χ3n) is 9.07. The lowest BCUT2D eigenvalue weighted by molar-refractivity contribution is -0.136. The van der Waals surface area contributed by atoms with Crippen LogP contribution in [0.15, 0.2) is 48.5 Å². The summed E-state index contributed by atoms with van der Waals surface area (Å²) in [6.45, 7) is 4.39. The summed E-state index contributed by atoms with van der Waals surface area (Å²) in [5.41, 5.74) is 2.38. The summed E-state index contributed by atoms with van der Waals surface area (Å²) in [4.78, 5) is 34.8. The number of hydrogen-bond donors (Lipinski definition) is 0. The number of piperidine rings is 2. The van der Waals surface area contributed by atoms with Gasteiger partial charge in [0.1, 0.15) is 5.75 Å². The zero-order chi connectivity index (χ0) is 27.4. The highest BCUT2D eigenvalue weighted by Crippen LogP contribution is 2.43. The molecule has 2 fully saturated rings. The van der Waals surface area contributed by atoms with Gasteiger partial charge in [-0.15, -0.1) is 0 Å². The number of methoxy groups -OCH3 is 2. The molecule has 3 aliphatic heterocycles. The molecule has 7 heteroatoms. The first-order chi connectivity index (χ1) is 19.0. The molecule has 0 aliphatic carbocycles. The Morgan fingerprint density at radius 2 is 1.77 bits per heavy atom. The molecule has 4 atom stereocenters. The average molecular weight is 534 g/mol. The van der Waals surface area contributed by atoms with Gasteiger partial charge in [-0.3, -0.25) is 9.59 Å². The Hall–Kier alpha value is -2.90. The molecule has 210 valence electrons. The molecule has 3 aliphatic rings. The number of benzene rings is 2. The van der Waals surface area contributed by atoms with Gasteiger partial charge in [-0.2, -0.15) is 0 Å². The standard InChI is InChI=1S/C32H43N3O4/c1-33-30(23-14-16-25(39-3)17-15-23)29(26-11-4-5-12-27(26)31(33)36)32(37)35(20-9-21-38-2)22-24-10-8-19-34-18-7-6-13-28(24)34/h4-5,11-12,14-17,24,28-30H,6-10,13,18-22H2,1-3H3/t24-,28+,29?,30?/m0/s1. The third kappa shape index (κ3) is 5.71. The van der Waals surface area contributed by atoms with Gasteiger partial charge in [0.2, 0.25) is 5.91 Å². The normalized spacial score (nSPS) is 25.1. The van der Waals surface area contributed by atoms with E-state index >= 15 is 0 Å². The molecule has 2 unspecified atom stereocenters. The maximum atomic E-state index is 14.8. The lowest BCUT2D eigenvalue weighted by Gasteiger charge is -2.47. The number of fused-ring (bicyclic) bond motifs is 2. The summed E-state index contributed by atoms with van der Waals surface area (Å²) in [5, 5.41) is 0. The van der Waals surface area contributed by atoms with E-state index in [4.69, 9.17) is 9.47 Å². The van der Waals surface area contributed by atoms with Crippen molar-refractivity contribution in [1.82, 2.24) is 14.7 Å². The Morgan fingerprint density at radius 1 is 1.00 bits per heavy atom. The molecular weight excluding hydrogens is 490 g/mol. The summed E-state index contributed by atoms with van der Waals surface area (Å²) in [6.07, 6.45) is 6.93. The average Bonchev–Trinajstić information content (AvgIpc) is 2.98. The molecular formula is C32H43N3O4. The van der Waals surface area contributed by atoms with Gasteiger partial charge in [0, 0.05) is 45.5 Å². The van der Waals surface area contributed by atoms with Crippen molar-refractivity contribution in [2.75, 3.05) is 54.1 Å². The maximum absolute atomic E-state index is 14.8. The topological polar surface area (TPSA) is 62.3 Å². The lowest BCUT2D eigenvalue weighted by atomic mass is 9.78. The number of nitrogens with zero attached hydrogens (tertiary/aromatic N) is 3. The van der Waals surface area contributed by atoms with Crippen LogP contribution in [0.2, 0.25) is 0 Å². The SMILES string of the molecule is COCCCN(C[C@@H]1CCCN2CCCC[C@H]12)C(=O)C1c2ccccc2C(=O)N(C)C1c1ccc(OC)cc1. The van der Waals surface area contributed by atoms with Gasteiger partial charge < -0.3 is 24.2 Å². The lowest BCUT2D eigenvalue weighted by Crippen LogP contribution is -2.53. The Kier molecular flexibility index (Phi) is 8.88. The van der Waals surface area contributed by atoms with Gasteiger partial charge in [-0.05, 0) is 80.4 Å². The predicted molar refractivity (Wildman–Crippen MR) is 152 cm³/mol. The van der Waals surface area contributed by atoms with Gasteiger partial charge in [0.15, 0.2) is 0 Å². The van der Waals surface area contributed by atoms with Crippen molar-refractivity contribution in [3.8, 4) is 5.75 Å². The Balaban J connectivity index is 1.51. The van der Waals surface area contributed by atoms with Gasteiger partial charge in [-0.25, -0.2) is 0 Å². The van der Waals surface area contributed by atoms with Gasteiger partial charge >= 0.3 is 0 Å². The fourth-order valence-corrected chi connectivity index (χ4v) is 7.12. The Morgan fingerprint density at radius 3 is 2.54 bits per heavy atom. The predicted octanol–water partition coefficient (Wildman–Crippen LogP) is 4.74. The molecule has 0 aromatic heterocycles. The van der Waals surface area contributed by atoms with E-state index in [1.165, 1.54) is 38.8 Å². The minimum atomic E-state index is -0.481. The van der Waals surface area contributed by atoms with Crippen molar-refractivity contribution in [1.29, 1.82) is 0 Å². The molecule has 3 heterocycles. The smallest absolute Gasteiger partial charge is 0.254 e. The monoisotopic (exact) mass is 533 g/mol. The first-order valence-electron chi connectivity index (χ1n) is 14.5. The van der Waals surface area contributed by atoms with E-state index in [9.17, 15) is 9.59 Å². The van der Waals surface area contributed by atoms with Gasteiger partial charge in [-0.1, -0.05) is 36.8 Å². The number of carbonyl (C=O) groups excluding carboxylic acids is 2. The molecule has 7 nitrogen and oxygen atoms in total. The minimum Gasteiger partial charge on any atom is -0.497 e. The first-order valence-corrected chi connectivity index (χ1v) is 14.5. The van der Waals surface area contributed by atoms with Crippen LogP contribution in [-0.4, -0.2) is 86.6 Å². The molecule has 2 aromatic carbocycles. The number of ether oxygens (including phenoxy) is 2. The summed E-state index contributed by atoms with van der Waals surface area (Å²) >= 11 is 0. The quantitative estimate of drug-likeness (QED) is 0.436. The molecule has 2 amide bonds. The molecule has 0 saturated carbocycles. The van der Waals surface area contributed by atoms with E-state index < -0.39 is 12.0 Å². The van der Waals surface area contributed by atoms with Crippen molar-refractivity contribution in [2.24, 2.45) is 5.92 Å². The molecule has 0 bridgehead atoms. The van der Waals surface area contributed by atoms with Crippen molar-refractivity contribution >= 4 is 11.8 Å². The minimum absolute atomic E-state index is 0.0495.